The minimum absolute atomic E-state index is 0.102. The summed E-state index contributed by atoms with van der Waals surface area (Å²) in [4.78, 5) is 8.30. The Morgan fingerprint density at radius 3 is 2.59 bits per heavy atom. The molecule has 2 rings (SSSR count). The summed E-state index contributed by atoms with van der Waals surface area (Å²) < 4.78 is 19.2. The van der Waals surface area contributed by atoms with Crippen LogP contribution in [0.15, 0.2) is 47.6 Å². The highest BCUT2D eigenvalue weighted by Gasteiger charge is 2.10. The van der Waals surface area contributed by atoms with E-state index in [0.717, 1.165) is 11.3 Å². The highest BCUT2D eigenvalue weighted by molar-refractivity contribution is 5.79. The van der Waals surface area contributed by atoms with Gasteiger partial charge in [-0.25, -0.2) is 9.38 Å². The SMILES string of the molecule is CCNC(=NCc1ncccc1F)NCC(O)c1ccc(OC(C)C)cc1. The van der Waals surface area contributed by atoms with E-state index < -0.39 is 6.10 Å². The Bertz CT molecular complexity index is 735. The number of aliphatic hydroxyl groups is 1. The topological polar surface area (TPSA) is 78.8 Å². The molecule has 27 heavy (non-hydrogen) atoms. The number of aliphatic hydroxyl groups excluding tert-OH is 1. The lowest BCUT2D eigenvalue weighted by Gasteiger charge is -2.16. The molecule has 1 heterocycles. The van der Waals surface area contributed by atoms with Gasteiger partial charge in [0.1, 0.15) is 11.6 Å². The minimum atomic E-state index is -0.714. The van der Waals surface area contributed by atoms with Crippen LogP contribution >= 0.6 is 0 Å². The minimum Gasteiger partial charge on any atom is -0.491 e. The normalized spacial score (nSPS) is 12.7. The molecule has 6 nitrogen and oxygen atoms in total. The van der Waals surface area contributed by atoms with Gasteiger partial charge in [0.15, 0.2) is 5.96 Å². The van der Waals surface area contributed by atoms with Crippen LogP contribution in [0.25, 0.3) is 0 Å². The van der Waals surface area contributed by atoms with Crippen LogP contribution in [0.5, 0.6) is 5.75 Å². The van der Waals surface area contributed by atoms with E-state index in [0.29, 0.717) is 12.5 Å². The number of nitrogens with zero attached hydrogens (tertiary/aromatic N) is 2. The van der Waals surface area contributed by atoms with Gasteiger partial charge in [0.2, 0.25) is 0 Å². The molecule has 0 aliphatic rings. The Hall–Kier alpha value is -2.67. The number of aromatic nitrogens is 1. The number of rotatable bonds is 8. The van der Waals surface area contributed by atoms with Crippen LogP contribution in [0.2, 0.25) is 0 Å². The summed E-state index contributed by atoms with van der Waals surface area (Å²) in [5.41, 5.74) is 1.04. The van der Waals surface area contributed by atoms with Crippen molar-refractivity contribution in [1.29, 1.82) is 0 Å². The fourth-order valence-corrected chi connectivity index (χ4v) is 2.38. The van der Waals surface area contributed by atoms with Crippen molar-refractivity contribution in [3.63, 3.8) is 0 Å². The molecule has 146 valence electrons. The van der Waals surface area contributed by atoms with E-state index in [1.807, 2.05) is 45.0 Å². The first-order valence-corrected chi connectivity index (χ1v) is 9.05. The smallest absolute Gasteiger partial charge is 0.191 e. The van der Waals surface area contributed by atoms with E-state index in [1.165, 1.54) is 12.3 Å². The van der Waals surface area contributed by atoms with Gasteiger partial charge in [-0.3, -0.25) is 4.98 Å². The molecule has 0 fully saturated rings. The number of halogens is 1. The molecular formula is C20H27FN4O2. The zero-order chi connectivity index (χ0) is 19.6. The number of guanidine groups is 1. The summed E-state index contributed by atoms with van der Waals surface area (Å²) in [5.74, 6) is 0.864. The summed E-state index contributed by atoms with van der Waals surface area (Å²) in [6, 6.07) is 10.2. The average molecular weight is 374 g/mol. The molecule has 7 heteroatoms. The molecule has 0 amide bonds. The first kappa shape index (κ1) is 20.6. The van der Waals surface area contributed by atoms with Gasteiger partial charge in [-0.05, 0) is 50.6 Å². The lowest BCUT2D eigenvalue weighted by atomic mass is 10.1. The van der Waals surface area contributed by atoms with Crippen molar-refractivity contribution in [3.05, 3.63) is 59.7 Å². The molecule has 0 spiro atoms. The molecule has 1 aromatic carbocycles. The van der Waals surface area contributed by atoms with E-state index in [1.54, 1.807) is 6.07 Å². The first-order chi connectivity index (χ1) is 13.0. The van der Waals surface area contributed by atoms with Crippen molar-refractivity contribution >= 4 is 5.96 Å². The fourth-order valence-electron chi connectivity index (χ4n) is 2.38. The standard InChI is InChI=1S/C20H27FN4O2/c1-4-22-20(24-12-18-17(21)6-5-11-23-18)25-13-19(26)15-7-9-16(10-8-15)27-14(2)3/h5-11,14,19,26H,4,12-13H2,1-3H3,(H2,22,24,25). The van der Waals surface area contributed by atoms with E-state index in [2.05, 4.69) is 20.6 Å². The van der Waals surface area contributed by atoms with Crippen molar-refractivity contribution in [2.75, 3.05) is 13.1 Å². The number of pyridine rings is 1. The van der Waals surface area contributed by atoms with Gasteiger partial charge in [0, 0.05) is 19.3 Å². The van der Waals surface area contributed by atoms with Crippen LogP contribution < -0.4 is 15.4 Å². The number of nitrogens with one attached hydrogen (secondary N) is 2. The van der Waals surface area contributed by atoms with Gasteiger partial charge in [-0.15, -0.1) is 0 Å². The monoisotopic (exact) mass is 374 g/mol. The van der Waals surface area contributed by atoms with Crippen molar-refractivity contribution < 1.29 is 14.2 Å². The van der Waals surface area contributed by atoms with Crippen LogP contribution in [0.1, 0.15) is 38.1 Å². The zero-order valence-electron chi connectivity index (χ0n) is 15.9. The maximum Gasteiger partial charge on any atom is 0.191 e. The van der Waals surface area contributed by atoms with Crippen molar-refractivity contribution in [1.82, 2.24) is 15.6 Å². The second kappa shape index (κ2) is 10.5. The van der Waals surface area contributed by atoms with Gasteiger partial charge >= 0.3 is 0 Å². The first-order valence-electron chi connectivity index (χ1n) is 9.05. The number of hydrogen-bond donors (Lipinski definition) is 3. The number of benzene rings is 1. The number of hydrogen-bond acceptors (Lipinski definition) is 4. The summed E-state index contributed by atoms with van der Waals surface area (Å²) in [6.45, 7) is 6.88. The average Bonchev–Trinajstić information content (AvgIpc) is 2.65. The van der Waals surface area contributed by atoms with Crippen LogP contribution in [-0.4, -0.2) is 35.2 Å². The Labute approximate surface area is 159 Å². The predicted octanol–water partition coefficient (Wildman–Crippen LogP) is 2.80. The Morgan fingerprint density at radius 1 is 1.22 bits per heavy atom. The largest absolute Gasteiger partial charge is 0.491 e. The third kappa shape index (κ3) is 6.86. The van der Waals surface area contributed by atoms with E-state index >= 15 is 0 Å². The van der Waals surface area contributed by atoms with Gasteiger partial charge in [0.25, 0.3) is 0 Å². The van der Waals surface area contributed by atoms with Crippen LogP contribution in [0.4, 0.5) is 4.39 Å². The van der Waals surface area contributed by atoms with Gasteiger partial charge in [-0.2, -0.15) is 0 Å². The molecule has 3 N–H and O–H groups in total. The van der Waals surface area contributed by atoms with Crippen LogP contribution in [-0.2, 0) is 6.54 Å². The third-order valence-corrected chi connectivity index (χ3v) is 3.67. The van der Waals surface area contributed by atoms with E-state index in [-0.39, 0.29) is 30.7 Å². The maximum absolute atomic E-state index is 13.7. The molecule has 0 saturated heterocycles. The van der Waals surface area contributed by atoms with Crippen molar-refractivity contribution in [2.45, 2.75) is 39.5 Å². The van der Waals surface area contributed by atoms with Crippen molar-refractivity contribution in [3.8, 4) is 5.75 Å². The van der Waals surface area contributed by atoms with Gasteiger partial charge in [0.05, 0.1) is 24.4 Å². The molecule has 1 aromatic heterocycles. The molecule has 0 radical (unpaired) electrons. The maximum atomic E-state index is 13.7. The molecule has 0 aliphatic carbocycles. The number of aliphatic imine (C=N–C) groups is 1. The summed E-state index contributed by atoms with van der Waals surface area (Å²) in [6.07, 6.45) is 0.920. The molecule has 0 bridgehead atoms. The zero-order valence-corrected chi connectivity index (χ0v) is 15.9. The van der Waals surface area contributed by atoms with E-state index in [4.69, 9.17) is 4.74 Å². The predicted molar refractivity (Wildman–Crippen MR) is 104 cm³/mol. The molecule has 0 saturated carbocycles. The lowest BCUT2D eigenvalue weighted by molar-refractivity contribution is 0.180. The van der Waals surface area contributed by atoms with Crippen molar-refractivity contribution in [2.24, 2.45) is 4.99 Å². The summed E-state index contributed by atoms with van der Waals surface area (Å²) in [5, 5.41) is 16.5. The second-order valence-corrected chi connectivity index (χ2v) is 6.26. The molecule has 2 aromatic rings. The van der Waals surface area contributed by atoms with E-state index in [9.17, 15) is 9.50 Å². The molecular weight excluding hydrogens is 347 g/mol. The number of ether oxygens (including phenoxy) is 1. The summed E-state index contributed by atoms with van der Waals surface area (Å²) >= 11 is 0. The Balaban J connectivity index is 1.94. The summed E-state index contributed by atoms with van der Waals surface area (Å²) in [7, 11) is 0. The van der Waals surface area contributed by atoms with Crippen LogP contribution in [0, 0.1) is 5.82 Å². The lowest BCUT2D eigenvalue weighted by Crippen LogP contribution is -2.39. The fraction of sp³-hybridized carbons (Fsp3) is 0.400. The third-order valence-electron chi connectivity index (χ3n) is 3.67. The molecule has 0 aliphatic heterocycles. The van der Waals surface area contributed by atoms with Gasteiger partial charge in [-0.1, -0.05) is 12.1 Å². The highest BCUT2D eigenvalue weighted by Crippen LogP contribution is 2.18. The Morgan fingerprint density at radius 2 is 1.96 bits per heavy atom. The van der Waals surface area contributed by atoms with Crippen LogP contribution in [0.3, 0.4) is 0 Å². The highest BCUT2D eigenvalue weighted by atomic mass is 19.1. The second-order valence-electron chi connectivity index (χ2n) is 6.26. The quantitative estimate of drug-likeness (QED) is 0.489. The molecule has 1 unspecified atom stereocenters. The van der Waals surface area contributed by atoms with Gasteiger partial charge < -0.3 is 20.5 Å². The Kier molecular flexibility index (Phi) is 8.00. The molecule has 1 atom stereocenters.